The minimum Gasteiger partial charge on any atom is -0.385 e. The normalized spacial score (nSPS) is 25.9. The first kappa shape index (κ1) is 9.40. The number of aliphatic hydroxyl groups is 1. The van der Waals surface area contributed by atoms with Gasteiger partial charge in [0.25, 0.3) is 11.8 Å². The van der Waals surface area contributed by atoms with Gasteiger partial charge in [0.1, 0.15) is 0 Å². The Kier molecular flexibility index (Phi) is 2.15. The number of hydrogen-bond acceptors (Lipinski definition) is 3. The van der Waals surface area contributed by atoms with Crippen molar-refractivity contribution in [2.75, 3.05) is 0 Å². The largest absolute Gasteiger partial charge is 0.385 e. The Hall–Kier alpha value is -1.16. The smallest absolute Gasteiger partial charge is 0.257 e. The Morgan fingerprint density at radius 2 is 1.86 bits per heavy atom. The van der Waals surface area contributed by atoms with Crippen LogP contribution in [0.3, 0.4) is 0 Å². The third-order valence-corrected chi connectivity index (χ3v) is 2.94. The van der Waals surface area contributed by atoms with Gasteiger partial charge in [-0.25, -0.2) is 0 Å². The van der Waals surface area contributed by atoms with Crippen LogP contribution in [-0.2, 0) is 9.59 Å². The summed E-state index contributed by atoms with van der Waals surface area (Å²) in [5.74, 6) is -0.844. The number of carbonyl (C=O) groups excluding carboxylic acids is 2. The fourth-order valence-corrected chi connectivity index (χ4v) is 2.16. The molecule has 0 radical (unpaired) electrons. The number of amides is 2. The van der Waals surface area contributed by atoms with Crippen molar-refractivity contribution in [2.24, 2.45) is 0 Å². The molecule has 2 amide bonds. The molecule has 0 aromatic rings. The Bertz CT molecular complexity index is 313. The van der Waals surface area contributed by atoms with Crippen molar-refractivity contribution in [3.05, 3.63) is 11.6 Å². The van der Waals surface area contributed by atoms with Gasteiger partial charge >= 0.3 is 0 Å². The summed E-state index contributed by atoms with van der Waals surface area (Å²) in [5, 5.41) is 12.3. The van der Waals surface area contributed by atoms with Gasteiger partial charge in [0.15, 0.2) is 0 Å². The summed E-state index contributed by atoms with van der Waals surface area (Å²) in [4.78, 5) is 22.3. The summed E-state index contributed by atoms with van der Waals surface area (Å²) in [5.41, 5.74) is -0.809. The number of rotatable bonds is 1. The van der Waals surface area contributed by atoms with Crippen LogP contribution in [0.5, 0.6) is 0 Å². The van der Waals surface area contributed by atoms with Gasteiger partial charge < -0.3 is 5.11 Å². The van der Waals surface area contributed by atoms with Crippen molar-refractivity contribution in [2.45, 2.75) is 37.7 Å². The van der Waals surface area contributed by atoms with E-state index in [4.69, 9.17) is 0 Å². The molecule has 14 heavy (non-hydrogen) atoms. The summed E-state index contributed by atoms with van der Waals surface area (Å²) < 4.78 is 0. The van der Waals surface area contributed by atoms with E-state index in [0.29, 0.717) is 12.8 Å². The van der Waals surface area contributed by atoms with Gasteiger partial charge in [-0.2, -0.15) is 0 Å². The molecular weight excluding hydrogens is 182 g/mol. The predicted octanol–water partition coefficient (Wildman–Crippen LogP) is 0.264. The zero-order valence-electron chi connectivity index (χ0n) is 7.88. The van der Waals surface area contributed by atoms with Gasteiger partial charge in [-0.1, -0.05) is 19.3 Å². The minimum absolute atomic E-state index is 0.252. The van der Waals surface area contributed by atoms with Gasteiger partial charge in [-0.05, 0) is 12.8 Å². The number of nitrogens with one attached hydrogen (secondary N) is 1. The van der Waals surface area contributed by atoms with Gasteiger partial charge in [-0.3, -0.25) is 14.9 Å². The summed E-state index contributed by atoms with van der Waals surface area (Å²) in [6, 6.07) is 0. The summed E-state index contributed by atoms with van der Waals surface area (Å²) >= 11 is 0. The summed E-state index contributed by atoms with van der Waals surface area (Å²) in [6.45, 7) is 0. The standard InChI is InChI=1S/C10H13NO3/c12-8-6-7(9(13)11-8)10(14)4-2-1-3-5-10/h6,14H,1-5H2,(H,11,12,13). The lowest BCUT2D eigenvalue weighted by molar-refractivity contribution is -0.124. The van der Waals surface area contributed by atoms with Crippen LogP contribution in [0.25, 0.3) is 0 Å². The fraction of sp³-hybridized carbons (Fsp3) is 0.600. The van der Waals surface area contributed by atoms with Crippen LogP contribution in [0.15, 0.2) is 11.6 Å². The monoisotopic (exact) mass is 195 g/mol. The molecule has 0 spiro atoms. The molecule has 2 N–H and O–H groups in total. The van der Waals surface area contributed by atoms with E-state index in [1.807, 2.05) is 0 Å². The van der Waals surface area contributed by atoms with Crippen molar-refractivity contribution in [3.8, 4) is 0 Å². The van der Waals surface area contributed by atoms with E-state index in [1.165, 1.54) is 6.08 Å². The van der Waals surface area contributed by atoms with Crippen LogP contribution in [0, 0.1) is 0 Å². The van der Waals surface area contributed by atoms with Crippen LogP contribution in [-0.4, -0.2) is 22.5 Å². The third kappa shape index (κ3) is 1.46. The molecule has 0 bridgehead atoms. The van der Waals surface area contributed by atoms with Crippen molar-refractivity contribution in [1.82, 2.24) is 5.32 Å². The topological polar surface area (TPSA) is 66.4 Å². The lowest BCUT2D eigenvalue weighted by Gasteiger charge is -2.31. The molecule has 4 nitrogen and oxygen atoms in total. The number of hydrogen-bond donors (Lipinski definition) is 2. The molecule has 1 aliphatic heterocycles. The molecule has 1 saturated carbocycles. The highest BCUT2D eigenvalue weighted by Crippen LogP contribution is 2.35. The molecule has 1 aliphatic carbocycles. The van der Waals surface area contributed by atoms with Crippen molar-refractivity contribution < 1.29 is 14.7 Å². The Labute approximate surface area is 82.0 Å². The molecule has 2 rings (SSSR count). The Morgan fingerprint density at radius 1 is 1.21 bits per heavy atom. The highest BCUT2D eigenvalue weighted by molar-refractivity contribution is 6.17. The molecule has 0 aromatic carbocycles. The molecule has 0 aromatic heterocycles. The maximum atomic E-state index is 11.3. The van der Waals surface area contributed by atoms with E-state index < -0.39 is 17.4 Å². The van der Waals surface area contributed by atoms with Gasteiger partial charge in [-0.15, -0.1) is 0 Å². The fourth-order valence-electron chi connectivity index (χ4n) is 2.16. The second kappa shape index (κ2) is 3.20. The third-order valence-electron chi connectivity index (χ3n) is 2.94. The highest BCUT2D eigenvalue weighted by Gasteiger charge is 2.40. The van der Waals surface area contributed by atoms with Crippen molar-refractivity contribution >= 4 is 11.8 Å². The molecule has 2 aliphatic rings. The van der Waals surface area contributed by atoms with Crippen LogP contribution in [0.2, 0.25) is 0 Å². The average molecular weight is 195 g/mol. The second-order valence-corrected chi connectivity index (χ2v) is 3.97. The molecule has 0 atom stereocenters. The van der Waals surface area contributed by atoms with E-state index in [9.17, 15) is 14.7 Å². The number of imide groups is 1. The minimum atomic E-state index is -1.06. The van der Waals surface area contributed by atoms with E-state index >= 15 is 0 Å². The van der Waals surface area contributed by atoms with E-state index in [1.54, 1.807) is 0 Å². The van der Waals surface area contributed by atoms with Crippen molar-refractivity contribution in [1.29, 1.82) is 0 Å². The summed E-state index contributed by atoms with van der Waals surface area (Å²) in [6.07, 6.45) is 5.31. The predicted molar refractivity (Wildman–Crippen MR) is 49.3 cm³/mol. The van der Waals surface area contributed by atoms with E-state index in [-0.39, 0.29) is 5.57 Å². The quantitative estimate of drug-likeness (QED) is 0.590. The average Bonchev–Trinajstić information content (AvgIpc) is 2.47. The van der Waals surface area contributed by atoms with E-state index in [2.05, 4.69) is 5.32 Å². The lowest BCUT2D eigenvalue weighted by atomic mass is 9.79. The molecule has 4 heteroatoms. The van der Waals surface area contributed by atoms with Crippen LogP contribution in [0.1, 0.15) is 32.1 Å². The number of carbonyl (C=O) groups is 2. The first-order chi connectivity index (χ1) is 6.62. The SMILES string of the molecule is O=C1C=C(C2(O)CCCCC2)C(=O)N1. The molecule has 0 unspecified atom stereocenters. The maximum absolute atomic E-state index is 11.3. The highest BCUT2D eigenvalue weighted by atomic mass is 16.3. The molecular formula is C10H13NO3. The van der Waals surface area contributed by atoms with Gasteiger partial charge in [0.05, 0.1) is 11.2 Å². The van der Waals surface area contributed by atoms with E-state index in [0.717, 1.165) is 19.3 Å². The second-order valence-electron chi connectivity index (χ2n) is 3.97. The Balaban J connectivity index is 2.24. The molecule has 1 fully saturated rings. The van der Waals surface area contributed by atoms with Crippen LogP contribution < -0.4 is 5.32 Å². The zero-order chi connectivity index (χ0) is 10.2. The van der Waals surface area contributed by atoms with Crippen molar-refractivity contribution in [3.63, 3.8) is 0 Å². The van der Waals surface area contributed by atoms with Crippen LogP contribution in [0.4, 0.5) is 0 Å². The first-order valence-corrected chi connectivity index (χ1v) is 4.92. The van der Waals surface area contributed by atoms with Gasteiger partial charge in [0.2, 0.25) is 0 Å². The zero-order valence-corrected chi connectivity index (χ0v) is 7.88. The molecule has 76 valence electrons. The lowest BCUT2D eigenvalue weighted by Crippen LogP contribution is -2.38. The first-order valence-electron chi connectivity index (χ1n) is 4.92. The Morgan fingerprint density at radius 3 is 2.36 bits per heavy atom. The van der Waals surface area contributed by atoms with Gasteiger partial charge in [0, 0.05) is 6.08 Å². The molecule has 1 heterocycles. The summed E-state index contributed by atoms with van der Waals surface area (Å²) in [7, 11) is 0. The maximum Gasteiger partial charge on any atom is 0.257 e. The van der Waals surface area contributed by atoms with Crippen LogP contribution >= 0.6 is 0 Å². The molecule has 0 saturated heterocycles.